The van der Waals surface area contributed by atoms with Crippen molar-refractivity contribution in [1.82, 2.24) is 68.1 Å². The number of carbonyl (C=O) groups is 1. The van der Waals surface area contributed by atoms with Gasteiger partial charge in [0.2, 0.25) is 11.9 Å². The van der Waals surface area contributed by atoms with Gasteiger partial charge >= 0.3 is 132 Å². The first kappa shape index (κ1) is 89.7. The molecule has 6 fully saturated rings. The number of carbonyl (C=O) groups excluding carboxylic acids is 1. The number of aliphatic hydroxyl groups is 5. The van der Waals surface area contributed by atoms with Crippen molar-refractivity contribution in [3.05, 3.63) is 60.2 Å². The smallest absolute Gasteiger partial charge is 0.780 e. The molecular formula is C57H73N19Na4O22P4S4+2. The largest absolute Gasteiger partial charge is 1.00 e. The molecule has 53 heteroatoms. The molecule has 110 heavy (non-hydrogen) atoms. The van der Waals surface area contributed by atoms with Gasteiger partial charge in [-0.25, -0.2) is 34.5 Å². The summed E-state index contributed by atoms with van der Waals surface area (Å²) >= 11 is 20.1. The van der Waals surface area contributed by atoms with Crippen LogP contribution < -0.4 is 156 Å². The first-order valence-corrected chi connectivity index (χ1v) is 44.1. The van der Waals surface area contributed by atoms with Crippen LogP contribution in [-0.2, 0) is 126 Å². The third-order valence-electron chi connectivity index (χ3n) is 19.1. The maximum Gasteiger partial charge on any atom is 1.00 e. The molecule has 0 saturated carbocycles. The monoisotopic (exact) mass is 1720 g/mol. The average Bonchev–Trinajstić information content (AvgIpc) is 1.61. The third kappa shape index (κ3) is 18.9. The Balaban J connectivity index is 0.000000211. The number of ether oxygens (including phenoxy) is 4. The van der Waals surface area contributed by atoms with Gasteiger partial charge in [-0.1, -0.05) is 35.9 Å². The van der Waals surface area contributed by atoms with E-state index in [1.807, 2.05) is 12.4 Å². The van der Waals surface area contributed by atoms with E-state index in [1.54, 1.807) is 9.13 Å². The molecule has 14 N–H and O–H groups in total. The van der Waals surface area contributed by atoms with Crippen LogP contribution in [0.15, 0.2) is 37.7 Å². The third-order valence-corrected chi connectivity index (χ3v) is 25.4. The van der Waals surface area contributed by atoms with Gasteiger partial charge in [0.05, 0.1) is 50.5 Å². The Morgan fingerprint density at radius 3 is 1.46 bits per heavy atom. The Kier molecular flexibility index (Phi) is 30.4. The number of Topliss-reactive ketones (excluding diaryl/α,β-unsaturated/α-hetero) is 1. The van der Waals surface area contributed by atoms with E-state index in [1.165, 1.54) is 34.4 Å². The molecule has 0 amide bonds. The number of aromatic nitrogens is 14. The van der Waals surface area contributed by atoms with Crippen molar-refractivity contribution in [1.29, 1.82) is 0 Å². The van der Waals surface area contributed by atoms with Gasteiger partial charge in [0.1, 0.15) is 128 Å². The molecule has 0 spiro atoms. The number of nitrogens with one attached hydrogen (secondary N) is 2. The number of aliphatic hydroxyl groups excluding tert-OH is 5. The number of thiol groups is 1. The number of aryl methyl sites for hydroxylation is 4. The van der Waals surface area contributed by atoms with Crippen LogP contribution in [0.5, 0.6) is 0 Å². The molecule has 8 aromatic heterocycles. The number of fused-ring (bicyclic) bond motifs is 8. The molecule has 6 aliphatic heterocycles. The second kappa shape index (κ2) is 37.3. The molecule has 574 valence electrons. The molecule has 2 aliphatic carbocycles. The van der Waals surface area contributed by atoms with Gasteiger partial charge in [-0.3, -0.25) is 27.5 Å². The van der Waals surface area contributed by atoms with E-state index < -0.39 is 158 Å². The molecule has 6 saturated heterocycles. The molecule has 0 radical (unpaired) electrons. The van der Waals surface area contributed by atoms with Crippen molar-refractivity contribution in [3.63, 3.8) is 0 Å². The molecule has 16 rings (SSSR count). The van der Waals surface area contributed by atoms with E-state index in [0.29, 0.717) is 30.8 Å². The number of hydrogen-bond acceptors (Lipinski definition) is 39. The average molecular weight is 1720 g/mol. The number of ketones is 1. The molecule has 8 aromatic rings. The standard InChI is InChI=1S/C30H39N9O12P2S2.C27H36N10O10P2S2.4Na/c31-25-20-27(37-30(36-25)32-7-3-5-15(41)9-40)39(13-35-20)29-24-21(42)17(48-29)10-46-52(44,54)50-23-18(11-47-53(45,55)51-24)49-28(22(23)43)38-8-14-4-1-2-6-16-19(14)26(38)34-12-33-16;28-5-6-30-27-34-22(29)17-24(35-27)37(11-33-17)26-21-18(38)14(44-26)8-42-48(40,50)46-20-15(9-43-49(41,51)47-21)45-25(19(20)39)36-7-12-3-1-2-4-13-16(12)23(36)32-10-31-13;;;;/h8,12-13,17-18,21-24,28-29,40,42-43H,1-7,9-11H2,(H,44,54)(H,45,55)(H3,31,32,36,37);7,10-11,14-15,18-21,25-26,38-39H,1-6,8-9,28H2,(H,40,50)(H,41,51)(H3,29,30,34,35);;;;/q;;4*+1/p-2/t17-,18-,21-,22-,23-,24-,28-,29-,52?,53?;14-,15-,18-,19-,20-,21-,25-,26-,48?,49?;;;;/m11..../s1. The number of nitrogens with zero attached hydrogens (tertiary/aromatic N) is 14. The Bertz CT molecular complexity index is 4870. The van der Waals surface area contributed by atoms with Gasteiger partial charge in [0.15, 0.2) is 53.6 Å². The van der Waals surface area contributed by atoms with Crippen molar-refractivity contribution in [2.45, 2.75) is 162 Å². The summed E-state index contributed by atoms with van der Waals surface area (Å²) in [6.45, 7) is -19.2. The Morgan fingerprint density at radius 2 is 0.991 bits per heavy atom. The fraction of sp³-hybridized carbons (Fsp3) is 0.596. The van der Waals surface area contributed by atoms with Crippen LogP contribution in [0.2, 0.25) is 0 Å². The number of hydrogen-bond donors (Lipinski definition) is 12. The van der Waals surface area contributed by atoms with Crippen LogP contribution in [0.1, 0.15) is 86.0 Å². The van der Waals surface area contributed by atoms with Gasteiger partial charge in [-0.2, -0.15) is 19.9 Å². The number of anilines is 4. The van der Waals surface area contributed by atoms with Crippen LogP contribution in [0.3, 0.4) is 0 Å². The molecule has 0 aromatic carbocycles. The van der Waals surface area contributed by atoms with Crippen LogP contribution >= 0.6 is 39.2 Å². The summed E-state index contributed by atoms with van der Waals surface area (Å²) in [5, 5.41) is 62.6. The number of rotatable bonds is 13. The van der Waals surface area contributed by atoms with Gasteiger partial charge in [-0.15, -0.1) is 0 Å². The van der Waals surface area contributed by atoms with Crippen LogP contribution in [0.4, 0.5) is 23.5 Å². The van der Waals surface area contributed by atoms with E-state index >= 15 is 0 Å². The fourth-order valence-electron chi connectivity index (χ4n) is 14.2. The maximum absolute atomic E-state index is 13.9. The summed E-state index contributed by atoms with van der Waals surface area (Å²) in [6.07, 6.45) is -4.46. The predicted molar refractivity (Wildman–Crippen MR) is 380 cm³/mol. The molecule has 4 bridgehead atoms. The Labute approximate surface area is 734 Å². The zero-order valence-electron chi connectivity index (χ0n) is 59.6. The number of imidazole rings is 2. The SMILES string of the molecule is NCCNc1nc(N)c2ncn([C@@H]3O[C@@H]4COP([O-])(=S)O[C@H]5[C@@H](O)[C@H](n6cc7c8c(ncnc86)CCCC7)O[C@@H]5COP(O)(=S)O[C@@H]3[C@@H]4O)c2n1.Nc1nc(NCCCC(=O)CO)nc2c1ncn2[C@@H]1O[C@@H]2COP([O-])(=S)O[C@H]3[C@@H](O)[C@H](n4cc5c6c(ncnc64)CCCC5)O[C@@H]3COP(=O)(S)O[C@@H]1[C@@H]2O.[Na+].[Na+].[Na+].[Na+]. The number of nitrogen functional groups attached to an aromatic ring is 2. The van der Waals surface area contributed by atoms with Gasteiger partial charge < -0.3 is 119 Å². The summed E-state index contributed by atoms with van der Waals surface area (Å²) in [7, 11) is 0. The zero-order valence-corrected chi connectivity index (χ0v) is 74.5. The normalized spacial score (nSPS) is 33.7. The van der Waals surface area contributed by atoms with Crippen molar-refractivity contribution < 1.29 is 223 Å². The van der Waals surface area contributed by atoms with E-state index in [0.717, 1.165) is 84.7 Å². The summed E-state index contributed by atoms with van der Waals surface area (Å²) in [5.41, 5.74) is 23.5. The minimum absolute atomic E-state index is 0. The van der Waals surface area contributed by atoms with Gasteiger partial charge in [0, 0.05) is 49.2 Å². The molecule has 41 nitrogen and oxygen atoms in total. The predicted octanol–water partition coefficient (Wildman–Crippen LogP) is -12.3. The van der Waals surface area contributed by atoms with Crippen molar-refractivity contribution in [3.8, 4) is 0 Å². The minimum atomic E-state index is -4.44. The zero-order chi connectivity index (χ0) is 74.3. The minimum Gasteiger partial charge on any atom is -0.780 e. The molecule has 8 aliphatic rings. The molecule has 14 heterocycles. The summed E-state index contributed by atoms with van der Waals surface area (Å²) in [5.74, 6) is -0.0144. The molecule has 20 atom stereocenters. The second-order valence-corrected chi connectivity index (χ2v) is 37.1. The second-order valence-electron chi connectivity index (χ2n) is 26.0. The van der Waals surface area contributed by atoms with Crippen molar-refractivity contribution in [2.75, 3.05) is 74.8 Å². The van der Waals surface area contributed by atoms with E-state index in [9.17, 15) is 44.5 Å². The van der Waals surface area contributed by atoms with E-state index in [2.05, 4.69) is 72.7 Å². The topological polar surface area (TPSA) is 563 Å². The fourth-order valence-corrected chi connectivity index (χ4v) is 19.9. The number of nitrogens with two attached hydrogens (primary N) is 3. The maximum atomic E-state index is 13.9. The summed E-state index contributed by atoms with van der Waals surface area (Å²) in [6, 6.07) is 0. The van der Waals surface area contributed by atoms with Gasteiger partial charge in [0.25, 0.3) is 0 Å². The Hall–Kier alpha value is -1.10. The molecule has 4 unspecified atom stereocenters. The molecular weight excluding hydrogens is 1650 g/mol. The van der Waals surface area contributed by atoms with Gasteiger partial charge in [-0.05, 0) is 80.7 Å². The van der Waals surface area contributed by atoms with Crippen LogP contribution in [0, 0.1) is 0 Å². The Morgan fingerprint density at radius 1 is 0.555 bits per heavy atom. The summed E-state index contributed by atoms with van der Waals surface area (Å²) < 4.78 is 90.6. The first-order chi connectivity index (χ1) is 50.7. The quantitative estimate of drug-likeness (QED) is 0.0221. The van der Waals surface area contributed by atoms with E-state index in [-0.39, 0.29) is 183 Å². The van der Waals surface area contributed by atoms with E-state index in [4.69, 9.17) is 113 Å². The van der Waals surface area contributed by atoms with Crippen molar-refractivity contribution >= 4 is 148 Å². The summed E-state index contributed by atoms with van der Waals surface area (Å²) in [4.78, 5) is 94.0. The van der Waals surface area contributed by atoms with Crippen molar-refractivity contribution in [2.24, 2.45) is 5.73 Å². The van der Waals surface area contributed by atoms with Crippen LogP contribution in [0.25, 0.3) is 44.4 Å². The van der Waals surface area contributed by atoms with Crippen LogP contribution in [-0.4, -0.2) is 230 Å². The first-order valence-electron chi connectivity index (χ1n) is 33.7.